The zero-order chi connectivity index (χ0) is 16.4. The van der Waals surface area contributed by atoms with Gasteiger partial charge in [-0.3, -0.25) is 9.59 Å². The van der Waals surface area contributed by atoms with Crippen molar-refractivity contribution in [2.24, 2.45) is 5.92 Å². The Hall–Kier alpha value is -2.40. The average Bonchev–Trinajstić information content (AvgIpc) is 2.92. The molecule has 118 valence electrons. The molecular weight excluding hydrogens is 314 g/mol. The van der Waals surface area contributed by atoms with Gasteiger partial charge in [-0.2, -0.15) is 0 Å². The van der Waals surface area contributed by atoms with E-state index in [1.165, 1.54) is 0 Å². The lowest BCUT2D eigenvalue weighted by atomic mass is 10.1. The molecule has 1 unspecified atom stereocenters. The molecule has 6 heteroatoms. The van der Waals surface area contributed by atoms with Crippen LogP contribution in [0.25, 0.3) is 0 Å². The van der Waals surface area contributed by atoms with Crippen molar-refractivity contribution in [3.63, 3.8) is 0 Å². The predicted molar refractivity (Wildman–Crippen MR) is 89.5 cm³/mol. The van der Waals surface area contributed by atoms with Crippen molar-refractivity contribution in [1.29, 1.82) is 0 Å². The average molecular weight is 330 g/mol. The van der Waals surface area contributed by atoms with Crippen molar-refractivity contribution < 1.29 is 9.59 Å². The van der Waals surface area contributed by atoms with Gasteiger partial charge in [-0.25, -0.2) is 4.98 Å². The highest BCUT2D eigenvalue weighted by Crippen LogP contribution is 2.31. The molecule has 0 saturated carbocycles. The summed E-state index contributed by atoms with van der Waals surface area (Å²) in [5.41, 5.74) is 1.66. The quantitative estimate of drug-likeness (QED) is 0.941. The van der Waals surface area contributed by atoms with Gasteiger partial charge < -0.3 is 10.2 Å². The van der Waals surface area contributed by atoms with Crippen LogP contribution in [0.5, 0.6) is 0 Å². The van der Waals surface area contributed by atoms with Crippen LogP contribution in [0.15, 0.2) is 42.6 Å². The molecule has 1 aromatic heterocycles. The van der Waals surface area contributed by atoms with E-state index in [0.717, 1.165) is 5.56 Å². The van der Waals surface area contributed by atoms with Gasteiger partial charge in [0.05, 0.1) is 16.6 Å². The minimum Gasteiger partial charge on any atom is -0.310 e. The molecule has 2 aromatic rings. The van der Waals surface area contributed by atoms with Crippen LogP contribution in [-0.2, 0) is 9.59 Å². The van der Waals surface area contributed by atoms with E-state index in [-0.39, 0.29) is 18.2 Å². The Morgan fingerprint density at radius 3 is 2.78 bits per heavy atom. The molecule has 0 aliphatic carbocycles. The Balaban J connectivity index is 1.71. The van der Waals surface area contributed by atoms with Crippen LogP contribution in [0.3, 0.4) is 0 Å². The number of hydrogen-bond donors (Lipinski definition) is 1. The number of carbonyl (C=O) groups excluding carboxylic acids is 2. The van der Waals surface area contributed by atoms with Gasteiger partial charge >= 0.3 is 0 Å². The number of aryl methyl sites for hydroxylation is 1. The normalized spacial score (nSPS) is 17.4. The third kappa shape index (κ3) is 3.35. The van der Waals surface area contributed by atoms with E-state index >= 15 is 0 Å². The SMILES string of the molecule is Cc1ccc(NC(=O)C2CC(=O)N(c3ccccc3Cl)C2)nc1. The number of halogens is 1. The second-order valence-corrected chi connectivity index (χ2v) is 5.97. The smallest absolute Gasteiger partial charge is 0.230 e. The first-order valence-electron chi connectivity index (χ1n) is 7.33. The van der Waals surface area contributed by atoms with Crippen molar-refractivity contribution in [1.82, 2.24) is 4.98 Å². The summed E-state index contributed by atoms with van der Waals surface area (Å²) < 4.78 is 0. The summed E-state index contributed by atoms with van der Waals surface area (Å²) in [6.45, 7) is 2.25. The number of carbonyl (C=O) groups is 2. The molecule has 1 fully saturated rings. The molecule has 1 aromatic carbocycles. The fourth-order valence-corrected chi connectivity index (χ4v) is 2.79. The molecule has 1 aliphatic rings. The van der Waals surface area contributed by atoms with Crippen LogP contribution < -0.4 is 10.2 Å². The number of aromatic nitrogens is 1. The summed E-state index contributed by atoms with van der Waals surface area (Å²) in [5, 5.41) is 3.26. The lowest BCUT2D eigenvalue weighted by Gasteiger charge is -2.18. The van der Waals surface area contributed by atoms with Crippen LogP contribution in [-0.4, -0.2) is 23.3 Å². The van der Waals surface area contributed by atoms with Gasteiger partial charge in [0.15, 0.2) is 0 Å². The molecule has 2 amide bonds. The second-order valence-electron chi connectivity index (χ2n) is 5.57. The standard InChI is InChI=1S/C17H16ClN3O2/c1-11-6-7-15(19-9-11)20-17(23)12-8-16(22)21(10-12)14-5-3-2-4-13(14)18/h2-7,9,12H,8,10H2,1H3,(H,19,20,23). The van der Waals surface area contributed by atoms with E-state index in [0.29, 0.717) is 23.1 Å². The number of benzene rings is 1. The molecule has 1 atom stereocenters. The van der Waals surface area contributed by atoms with Gasteiger partial charge in [-0.15, -0.1) is 0 Å². The first-order valence-corrected chi connectivity index (χ1v) is 7.71. The fourth-order valence-electron chi connectivity index (χ4n) is 2.56. The number of amides is 2. The van der Waals surface area contributed by atoms with Gasteiger partial charge in [0, 0.05) is 19.2 Å². The van der Waals surface area contributed by atoms with E-state index in [2.05, 4.69) is 10.3 Å². The Kier molecular flexibility index (Phi) is 4.30. The van der Waals surface area contributed by atoms with Crippen LogP contribution in [0, 0.1) is 12.8 Å². The van der Waals surface area contributed by atoms with Gasteiger partial charge in [0.25, 0.3) is 0 Å². The third-order valence-electron chi connectivity index (χ3n) is 3.80. The van der Waals surface area contributed by atoms with E-state index in [1.807, 2.05) is 19.1 Å². The summed E-state index contributed by atoms with van der Waals surface area (Å²) in [6.07, 6.45) is 1.86. The third-order valence-corrected chi connectivity index (χ3v) is 4.12. The fraction of sp³-hybridized carbons (Fsp3) is 0.235. The van der Waals surface area contributed by atoms with Crippen LogP contribution in [0.1, 0.15) is 12.0 Å². The van der Waals surface area contributed by atoms with Crippen molar-refractivity contribution >= 4 is 34.9 Å². The molecule has 0 bridgehead atoms. The number of rotatable bonds is 3. The van der Waals surface area contributed by atoms with Crippen molar-refractivity contribution in [3.8, 4) is 0 Å². The maximum Gasteiger partial charge on any atom is 0.230 e. The van der Waals surface area contributed by atoms with Crippen LogP contribution in [0.4, 0.5) is 11.5 Å². The molecule has 0 spiro atoms. The lowest BCUT2D eigenvalue weighted by Crippen LogP contribution is -2.28. The molecule has 23 heavy (non-hydrogen) atoms. The van der Waals surface area contributed by atoms with Crippen molar-refractivity contribution in [2.75, 3.05) is 16.8 Å². The largest absolute Gasteiger partial charge is 0.310 e. The summed E-state index contributed by atoms with van der Waals surface area (Å²) >= 11 is 6.14. The van der Waals surface area contributed by atoms with Crippen LogP contribution in [0.2, 0.25) is 5.02 Å². The van der Waals surface area contributed by atoms with Crippen molar-refractivity contribution in [2.45, 2.75) is 13.3 Å². The Morgan fingerprint density at radius 1 is 1.30 bits per heavy atom. The van der Waals surface area contributed by atoms with Gasteiger partial charge in [0.1, 0.15) is 5.82 Å². The number of pyridine rings is 1. The number of anilines is 2. The monoisotopic (exact) mass is 329 g/mol. The Labute approximate surface area is 139 Å². The number of nitrogens with zero attached hydrogens (tertiary/aromatic N) is 2. The molecule has 1 saturated heterocycles. The molecule has 1 N–H and O–H groups in total. The maximum atomic E-state index is 12.3. The molecule has 2 heterocycles. The van der Waals surface area contributed by atoms with Gasteiger partial charge in [-0.1, -0.05) is 29.8 Å². The summed E-state index contributed by atoms with van der Waals surface area (Å²) in [6, 6.07) is 10.8. The van der Waals surface area contributed by atoms with E-state index in [9.17, 15) is 9.59 Å². The van der Waals surface area contributed by atoms with Crippen molar-refractivity contribution in [3.05, 3.63) is 53.2 Å². The topological polar surface area (TPSA) is 62.3 Å². The highest BCUT2D eigenvalue weighted by atomic mass is 35.5. The minimum absolute atomic E-state index is 0.102. The first kappa shape index (κ1) is 15.5. The second kappa shape index (κ2) is 6.38. The predicted octanol–water partition coefficient (Wildman–Crippen LogP) is 3.04. The van der Waals surface area contributed by atoms with E-state index in [1.54, 1.807) is 35.4 Å². The summed E-state index contributed by atoms with van der Waals surface area (Å²) in [7, 11) is 0. The van der Waals surface area contributed by atoms with Gasteiger partial charge in [0.2, 0.25) is 11.8 Å². The molecule has 3 rings (SSSR count). The van der Waals surface area contributed by atoms with Crippen LogP contribution >= 0.6 is 11.6 Å². The summed E-state index contributed by atoms with van der Waals surface area (Å²) in [4.78, 5) is 30.3. The highest BCUT2D eigenvalue weighted by Gasteiger charge is 2.35. The first-order chi connectivity index (χ1) is 11.0. The highest BCUT2D eigenvalue weighted by molar-refractivity contribution is 6.33. The molecule has 1 aliphatic heterocycles. The summed E-state index contributed by atoms with van der Waals surface area (Å²) in [5.74, 6) is -0.231. The zero-order valence-corrected chi connectivity index (χ0v) is 13.4. The maximum absolute atomic E-state index is 12.3. The Morgan fingerprint density at radius 2 is 2.09 bits per heavy atom. The molecule has 0 radical (unpaired) electrons. The van der Waals surface area contributed by atoms with Gasteiger partial charge in [-0.05, 0) is 30.7 Å². The van der Waals surface area contributed by atoms with E-state index in [4.69, 9.17) is 11.6 Å². The number of para-hydroxylation sites is 1. The van der Waals surface area contributed by atoms with E-state index < -0.39 is 5.92 Å². The lowest BCUT2D eigenvalue weighted by molar-refractivity contribution is -0.122. The zero-order valence-electron chi connectivity index (χ0n) is 12.6. The molecular formula is C17H16ClN3O2. The minimum atomic E-state index is -0.415. The number of hydrogen-bond acceptors (Lipinski definition) is 3. The Bertz CT molecular complexity index is 746. The molecule has 5 nitrogen and oxygen atoms in total. The number of nitrogens with one attached hydrogen (secondary N) is 1.